The molecule has 0 radical (unpaired) electrons. The molecule has 1 fully saturated rings. The summed E-state index contributed by atoms with van der Waals surface area (Å²) in [6.07, 6.45) is 2.90. The van der Waals surface area contributed by atoms with Gasteiger partial charge in [-0.3, -0.25) is 28.9 Å². The van der Waals surface area contributed by atoms with Gasteiger partial charge in [0.15, 0.2) is 11.9 Å². The molecular weight excluding hydrogens is 618 g/mol. The van der Waals surface area contributed by atoms with Crippen LogP contribution in [-0.4, -0.2) is 89.1 Å². The number of hydrogen-bond donors (Lipinski definition) is 2. The molecule has 0 spiro atoms. The van der Waals surface area contributed by atoms with E-state index in [2.05, 4.69) is 15.6 Å². The highest BCUT2D eigenvalue weighted by Crippen LogP contribution is 2.31. The molecular formula is C35H51N5O6S. The van der Waals surface area contributed by atoms with E-state index in [9.17, 15) is 24.0 Å². The van der Waals surface area contributed by atoms with Crippen molar-refractivity contribution in [2.75, 3.05) is 20.6 Å². The third-order valence-corrected chi connectivity index (χ3v) is 9.99. The summed E-state index contributed by atoms with van der Waals surface area (Å²) in [6.45, 7) is 11.7. The molecule has 2 heterocycles. The third kappa shape index (κ3) is 10.2. The molecule has 0 saturated carbocycles. The average molecular weight is 670 g/mol. The molecule has 1 saturated heterocycles. The molecule has 0 bridgehead atoms. The fourth-order valence-electron chi connectivity index (χ4n) is 5.95. The van der Waals surface area contributed by atoms with Gasteiger partial charge in [-0.05, 0) is 45.2 Å². The molecule has 1 aromatic carbocycles. The fourth-order valence-corrected chi connectivity index (χ4v) is 6.79. The molecule has 1 aliphatic heterocycles. The third-order valence-electron chi connectivity index (χ3n) is 9.06. The van der Waals surface area contributed by atoms with Gasteiger partial charge in [0.2, 0.25) is 11.8 Å². The van der Waals surface area contributed by atoms with Crippen molar-refractivity contribution in [1.29, 1.82) is 0 Å². The molecule has 2 aromatic rings. The van der Waals surface area contributed by atoms with Crippen molar-refractivity contribution in [3.05, 3.63) is 52.0 Å². The number of likely N-dealkylation sites (N-methyl/N-ethyl adjacent to an activating group) is 2. The lowest BCUT2D eigenvalue weighted by atomic mass is 9.92. The summed E-state index contributed by atoms with van der Waals surface area (Å²) in [5, 5.41) is 7.76. The lowest BCUT2D eigenvalue weighted by Crippen LogP contribution is -2.58. The maximum atomic E-state index is 14.1. The van der Waals surface area contributed by atoms with Crippen LogP contribution in [0.4, 0.5) is 0 Å². The van der Waals surface area contributed by atoms with E-state index in [1.807, 2.05) is 45.7 Å². The molecule has 1 aromatic heterocycles. The van der Waals surface area contributed by atoms with Crippen molar-refractivity contribution in [2.45, 2.75) is 104 Å². The predicted molar refractivity (Wildman–Crippen MR) is 182 cm³/mol. The van der Waals surface area contributed by atoms with Gasteiger partial charge in [-0.15, -0.1) is 11.3 Å². The fraction of sp³-hybridized carbons (Fsp3) is 0.600. The van der Waals surface area contributed by atoms with E-state index in [0.29, 0.717) is 17.0 Å². The molecule has 2 N–H and O–H groups in total. The molecule has 47 heavy (non-hydrogen) atoms. The second-order valence-corrected chi connectivity index (χ2v) is 13.8. The van der Waals surface area contributed by atoms with Crippen LogP contribution in [-0.2, 0) is 19.1 Å². The summed E-state index contributed by atoms with van der Waals surface area (Å²) in [6, 6.07) is 6.58. The lowest BCUT2D eigenvalue weighted by molar-refractivity contribution is -0.149. The highest BCUT2D eigenvalue weighted by molar-refractivity contribution is 7.09. The first-order chi connectivity index (χ1) is 22.2. The Hall–Kier alpha value is -3.64. The van der Waals surface area contributed by atoms with Crippen molar-refractivity contribution >= 4 is 40.8 Å². The number of esters is 1. The first kappa shape index (κ1) is 37.8. The number of rotatable bonds is 15. The molecule has 3 amide bonds. The largest absolute Gasteiger partial charge is 0.455 e. The summed E-state index contributed by atoms with van der Waals surface area (Å²) in [4.78, 5) is 73.7. The number of aromatic nitrogens is 1. The van der Waals surface area contributed by atoms with Gasteiger partial charge < -0.3 is 20.3 Å². The van der Waals surface area contributed by atoms with Crippen LogP contribution in [0, 0.1) is 11.8 Å². The Kier molecular flexibility index (Phi) is 14.1. The number of Topliss-reactive ketones (excluding diaryl/α,β-unsaturated/α-hetero) is 1. The number of carbonyl (C=O) groups excluding carboxylic acids is 5. The van der Waals surface area contributed by atoms with Crippen LogP contribution in [0.15, 0.2) is 35.7 Å². The van der Waals surface area contributed by atoms with Crippen LogP contribution >= 0.6 is 11.3 Å². The number of ether oxygens (including phenoxy) is 1. The highest BCUT2D eigenvalue weighted by atomic mass is 32.1. The SMILES string of the molecule is CC[C@H](C)[C@H](NC(=O)[C@H]1CCCCN1C)C(=O)N(C)[C@H](C[C@@H](OC(C)=O)c1nc(C(=O)N[C@H](C)C(=O)c2ccccc2)cs1)C(C)C. The Morgan fingerprint density at radius 2 is 1.74 bits per heavy atom. The summed E-state index contributed by atoms with van der Waals surface area (Å²) in [5.41, 5.74) is 0.594. The van der Waals surface area contributed by atoms with Gasteiger partial charge >= 0.3 is 5.97 Å². The van der Waals surface area contributed by atoms with Gasteiger partial charge in [-0.25, -0.2) is 4.98 Å². The van der Waals surface area contributed by atoms with E-state index in [1.165, 1.54) is 18.3 Å². The van der Waals surface area contributed by atoms with E-state index in [-0.39, 0.29) is 53.6 Å². The molecule has 0 unspecified atom stereocenters. The average Bonchev–Trinajstić information content (AvgIpc) is 3.55. The normalized spacial score (nSPS) is 18.4. The molecule has 6 atom stereocenters. The number of ketones is 1. The molecule has 11 nitrogen and oxygen atoms in total. The van der Waals surface area contributed by atoms with Crippen molar-refractivity contribution in [3.63, 3.8) is 0 Å². The van der Waals surface area contributed by atoms with Gasteiger partial charge in [0, 0.05) is 37.4 Å². The maximum absolute atomic E-state index is 14.1. The van der Waals surface area contributed by atoms with Crippen LogP contribution in [0.3, 0.4) is 0 Å². The topological polar surface area (TPSA) is 138 Å². The quantitative estimate of drug-likeness (QED) is 0.207. The Labute approximate surface area is 282 Å². The number of piperidine rings is 1. The van der Waals surface area contributed by atoms with Crippen molar-refractivity contribution < 1.29 is 28.7 Å². The van der Waals surface area contributed by atoms with Gasteiger partial charge in [-0.2, -0.15) is 0 Å². The summed E-state index contributed by atoms with van der Waals surface area (Å²) in [7, 11) is 3.66. The lowest BCUT2D eigenvalue weighted by Gasteiger charge is -2.38. The smallest absolute Gasteiger partial charge is 0.303 e. The summed E-state index contributed by atoms with van der Waals surface area (Å²) in [5.74, 6) is -1.74. The van der Waals surface area contributed by atoms with E-state index in [4.69, 9.17) is 4.74 Å². The Morgan fingerprint density at radius 3 is 2.34 bits per heavy atom. The zero-order valence-electron chi connectivity index (χ0n) is 28.9. The van der Waals surface area contributed by atoms with E-state index >= 15 is 0 Å². The zero-order chi connectivity index (χ0) is 34.8. The summed E-state index contributed by atoms with van der Waals surface area (Å²) >= 11 is 1.17. The highest BCUT2D eigenvalue weighted by Gasteiger charge is 2.37. The maximum Gasteiger partial charge on any atom is 0.303 e. The minimum Gasteiger partial charge on any atom is -0.455 e. The van der Waals surface area contributed by atoms with Gasteiger partial charge in [0.05, 0.1) is 12.1 Å². The molecule has 258 valence electrons. The van der Waals surface area contributed by atoms with Gasteiger partial charge in [0.25, 0.3) is 5.91 Å². The molecule has 1 aliphatic rings. The number of carbonyl (C=O) groups is 5. The van der Waals surface area contributed by atoms with Crippen LogP contribution in [0.2, 0.25) is 0 Å². The Balaban J connectivity index is 1.78. The van der Waals surface area contributed by atoms with E-state index < -0.39 is 30.1 Å². The standard InChI is InChI=1S/C35H51N5O6S/c1-9-22(4)30(38-33(44)27-17-13-14-18-39(27)7)35(45)40(8)28(21(2)3)19-29(46-24(6)41)34-37-26(20-47-34)32(43)36-23(5)31(42)25-15-11-10-12-16-25/h10-12,15-16,20-23,27-30H,9,13-14,17-19H2,1-8H3,(H,36,43)(H,38,44)/t22-,23+,27+,28+,29+,30-/m0/s1. The molecule has 3 rings (SSSR count). The van der Waals surface area contributed by atoms with E-state index in [0.717, 1.165) is 25.8 Å². The number of thiazole rings is 1. The minimum atomic E-state index is -0.822. The predicted octanol–water partition coefficient (Wildman–Crippen LogP) is 4.64. The Morgan fingerprint density at radius 1 is 1.06 bits per heavy atom. The van der Waals surface area contributed by atoms with Crippen LogP contribution in [0.25, 0.3) is 0 Å². The second kappa shape index (κ2) is 17.5. The monoisotopic (exact) mass is 669 g/mol. The first-order valence-corrected chi connectivity index (χ1v) is 17.4. The van der Waals surface area contributed by atoms with Crippen molar-refractivity contribution in [1.82, 2.24) is 25.4 Å². The van der Waals surface area contributed by atoms with Crippen molar-refractivity contribution in [2.24, 2.45) is 11.8 Å². The number of hydrogen-bond acceptors (Lipinski definition) is 9. The number of likely N-dealkylation sites (tertiary alicyclic amines) is 1. The number of benzene rings is 1. The van der Waals surface area contributed by atoms with Crippen molar-refractivity contribution in [3.8, 4) is 0 Å². The molecule has 0 aliphatic carbocycles. The number of nitrogens with zero attached hydrogens (tertiary/aromatic N) is 3. The van der Waals surface area contributed by atoms with Crippen LogP contribution < -0.4 is 10.6 Å². The van der Waals surface area contributed by atoms with Crippen LogP contribution in [0.1, 0.15) is 106 Å². The Bertz CT molecular complexity index is 1380. The van der Waals surface area contributed by atoms with Gasteiger partial charge in [0.1, 0.15) is 16.7 Å². The molecule has 12 heteroatoms. The van der Waals surface area contributed by atoms with Crippen LogP contribution in [0.5, 0.6) is 0 Å². The van der Waals surface area contributed by atoms with E-state index in [1.54, 1.807) is 48.5 Å². The summed E-state index contributed by atoms with van der Waals surface area (Å²) < 4.78 is 5.71. The van der Waals surface area contributed by atoms with Gasteiger partial charge in [-0.1, -0.05) is 70.9 Å². The first-order valence-electron chi connectivity index (χ1n) is 16.5. The second-order valence-electron chi connectivity index (χ2n) is 13.0. The number of nitrogens with one attached hydrogen (secondary N) is 2. The zero-order valence-corrected chi connectivity index (χ0v) is 29.8. The minimum absolute atomic E-state index is 0.0349. The number of amides is 3.